The lowest BCUT2D eigenvalue weighted by atomic mass is 10.1. The summed E-state index contributed by atoms with van der Waals surface area (Å²) in [5.74, 6) is -1.26. The Morgan fingerprint density at radius 3 is 2.85 bits per heavy atom. The Hall–Kier alpha value is -2.53. The molecule has 1 aliphatic rings. The zero-order valence-electron chi connectivity index (χ0n) is 15.0. The lowest BCUT2D eigenvalue weighted by Crippen LogP contribution is -2.50. The molecule has 1 aromatic rings. The smallest absolute Gasteiger partial charge is 0.243 e. The molecular formula is C16H24N6O4S. The predicted molar refractivity (Wildman–Crippen MR) is 99.3 cm³/mol. The molecule has 1 saturated heterocycles. The molecule has 148 valence electrons. The minimum Gasteiger partial charge on any atom is -0.391 e. The number of hydrogen-bond acceptors (Lipinski definition) is 7. The Morgan fingerprint density at radius 2 is 2.26 bits per heavy atom. The van der Waals surface area contributed by atoms with Crippen LogP contribution < -0.4 is 16.4 Å². The van der Waals surface area contributed by atoms with Crippen molar-refractivity contribution in [3.8, 4) is 0 Å². The van der Waals surface area contributed by atoms with Gasteiger partial charge in [0, 0.05) is 38.0 Å². The first-order chi connectivity index (χ1) is 12.8. The molecule has 27 heavy (non-hydrogen) atoms. The van der Waals surface area contributed by atoms with E-state index in [2.05, 4.69) is 15.6 Å². The van der Waals surface area contributed by atoms with E-state index >= 15 is 0 Å². The third-order valence-electron chi connectivity index (χ3n) is 4.25. The van der Waals surface area contributed by atoms with Gasteiger partial charge in [-0.1, -0.05) is 0 Å². The molecule has 1 aliphatic heterocycles. The van der Waals surface area contributed by atoms with Gasteiger partial charge in [0.2, 0.25) is 17.6 Å². The first kappa shape index (κ1) is 20.8. The number of nitrogens with two attached hydrogens (primary N) is 1. The number of carbonyl (C=O) groups is 3. The van der Waals surface area contributed by atoms with Crippen molar-refractivity contribution in [3.63, 3.8) is 0 Å². The van der Waals surface area contributed by atoms with Gasteiger partial charge < -0.3 is 26.4 Å². The maximum atomic E-state index is 12.7. The van der Waals surface area contributed by atoms with Gasteiger partial charge in [-0.25, -0.2) is 4.98 Å². The number of likely N-dealkylation sites (tertiary alicyclic amines) is 1. The highest BCUT2D eigenvalue weighted by Gasteiger charge is 2.38. The second-order valence-corrected chi connectivity index (χ2v) is 7.22. The minimum atomic E-state index is -0.816. The van der Waals surface area contributed by atoms with Crippen molar-refractivity contribution in [2.24, 2.45) is 5.73 Å². The van der Waals surface area contributed by atoms with Crippen LogP contribution in [0.3, 0.4) is 0 Å². The number of amides is 2. The third kappa shape index (κ3) is 5.73. The summed E-state index contributed by atoms with van der Waals surface area (Å²) >= 11 is 1.18. The van der Waals surface area contributed by atoms with Gasteiger partial charge in [0.15, 0.2) is 11.0 Å². The summed E-state index contributed by atoms with van der Waals surface area (Å²) in [6, 6.07) is -1.62. The maximum Gasteiger partial charge on any atom is 0.243 e. The number of ketones is 1. The molecule has 0 bridgehead atoms. The lowest BCUT2D eigenvalue weighted by Gasteiger charge is -2.24. The number of guanidine groups is 1. The van der Waals surface area contributed by atoms with Crippen LogP contribution in [0.15, 0.2) is 11.6 Å². The van der Waals surface area contributed by atoms with Gasteiger partial charge in [-0.2, -0.15) is 0 Å². The average Bonchev–Trinajstić information content (AvgIpc) is 3.26. The van der Waals surface area contributed by atoms with Crippen molar-refractivity contribution in [2.45, 2.75) is 44.4 Å². The number of carbonyl (C=O) groups excluding carboxylic acids is 3. The number of aliphatic hydroxyl groups is 1. The fourth-order valence-corrected chi connectivity index (χ4v) is 3.60. The lowest BCUT2D eigenvalue weighted by molar-refractivity contribution is -0.137. The monoisotopic (exact) mass is 396 g/mol. The number of nitrogens with one attached hydrogen (secondary N) is 3. The first-order valence-electron chi connectivity index (χ1n) is 8.56. The molecule has 6 N–H and O–H groups in total. The molecule has 3 atom stereocenters. The zero-order valence-corrected chi connectivity index (χ0v) is 15.8. The summed E-state index contributed by atoms with van der Waals surface area (Å²) in [4.78, 5) is 42.4. The normalized spacial score (nSPS) is 20.1. The second-order valence-electron chi connectivity index (χ2n) is 6.32. The van der Waals surface area contributed by atoms with Gasteiger partial charge in [0.1, 0.15) is 6.04 Å². The molecule has 1 aromatic heterocycles. The van der Waals surface area contributed by atoms with Crippen LogP contribution >= 0.6 is 11.3 Å². The molecular weight excluding hydrogens is 372 g/mol. The number of rotatable bonds is 8. The Balaban J connectivity index is 2.05. The van der Waals surface area contributed by atoms with Crippen molar-refractivity contribution in [1.29, 1.82) is 5.41 Å². The summed E-state index contributed by atoms with van der Waals surface area (Å²) in [6.45, 7) is 1.82. The fourth-order valence-electron chi connectivity index (χ4n) is 2.97. The highest BCUT2D eigenvalue weighted by Crippen LogP contribution is 2.19. The van der Waals surface area contributed by atoms with E-state index in [9.17, 15) is 19.5 Å². The van der Waals surface area contributed by atoms with Gasteiger partial charge in [-0.3, -0.25) is 19.8 Å². The van der Waals surface area contributed by atoms with Crippen molar-refractivity contribution in [2.75, 3.05) is 13.1 Å². The van der Waals surface area contributed by atoms with Crippen molar-refractivity contribution in [3.05, 3.63) is 16.6 Å². The van der Waals surface area contributed by atoms with E-state index in [0.29, 0.717) is 19.4 Å². The van der Waals surface area contributed by atoms with E-state index in [1.165, 1.54) is 29.4 Å². The molecule has 2 rings (SSSR count). The molecule has 0 saturated carbocycles. The quantitative estimate of drug-likeness (QED) is 0.164. The van der Waals surface area contributed by atoms with Gasteiger partial charge in [-0.15, -0.1) is 11.3 Å². The molecule has 2 amide bonds. The Morgan fingerprint density at radius 1 is 1.52 bits per heavy atom. The molecule has 2 heterocycles. The van der Waals surface area contributed by atoms with Gasteiger partial charge in [0.25, 0.3) is 0 Å². The van der Waals surface area contributed by atoms with E-state index in [0.717, 1.165) is 0 Å². The van der Waals surface area contributed by atoms with E-state index in [1.54, 1.807) is 5.38 Å². The van der Waals surface area contributed by atoms with Crippen LogP contribution in [0.5, 0.6) is 0 Å². The van der Waals surface area contributed by atoms with Gasteiger partial charge in [-0.05, 0) is 12.8 Å². The van der Waals surface area contributed by atoms with Crippen LogP contribution in [0, 0.1) is 5.41 Å². The SMILES string of the molecule is CC(=O)N1C[C@H](O)C[C@H]1C(=O)NC(CCCNC(=N)N)C(=O)c1nccs1. The molecule has 0 radical (unpaired) electrons. The van der Waals surface area contributed by atoms with Crippen molar-refractivity contribution >= 4 is 34.9 Å². The largest absolute Gasteiger partial charge is 0.391 e. The average molecular weight is 396 g/mol. The second kappa shape index (κ2) is 9.42. The van der Waals surface area contributed by atoms with E-state index in [4.69, 9.17) is 11.1 Å². The highest BCUT2D eigenvalue weighted by molar-refractivity contribution is 7.11. The van der Waals surface area contributed by atoms with Crippen LogP contribution in [0.25, 0.3) is 0 Å². The van der Waals surface area contributed by atoms with Crippen LogP contribution in [-0.2, 0) is 9.59 Å². The number of Topliss-reactive ketones (excluding diaryl/α,β-unsaturated/α-hetero) is 1. The third-order valence-corrected chi connectivity index (χ3v) is 5.03. The molecule has 10 nitrogen and oxygen atoms in total. The first-order valence-corrected chi connectivity index (χ1v) is 9.44. The summed E-state index contributed by atoms with van der Waals surface area (Å²) in [6.07, 6.45) is 1.69. The number of aromatic nitrogens is 1. The van der Waals surface area contributed by atoms with E-state index < -0.39 is 24.1 Å². The fraction of sp³-hybridized carbons (Fsp3) is 0.562. The molecule has 0 spiro atoms. The molecule has 11 heteroatoms. The summed E-state index contributed by atoms with van der Waals surface area (Å²) < 4.78 is 0. The van der Waals surface area contributed by atoms with E-state index in [-0.39, 0.29) is 35.6 Å². The van der Waals surface area contributed by atoms with Crippen LogP contribution in [0.4, 0.5) is 0 Å². The number of thiazole rings is 1. The van der Waals surface area contributed by atoms with Crippen LogP contribution in [-0.4, -0.2) is 69.8 Å². The summed E-state index contributed by atoms with van der Waals surface area (Å²) in [5, 5.41) is 24.3. The Bertz CT molecular complexity index is 695. The minimum absolute atomic E-state index is 0.0983. The predicted octanol–water partition coefficient (Wildman–Crippen LogP) is -0.944. The van der Waals surface area contributed by atoms with Gasteiger partial charge in [0.05, 0.1) is 12.1 Å². The maximum absolute atomic E-state index is 12.7. The molecule has 1 fully saturated rings. The van der Waals surface area contributed by atoms with Gasteiger partial charge >= 0.3 is 0 Å². The topological polar surface area (TPSA) is 162 Å². The van der Waals surface area contributed by atoms with E-state index in [1.807, 2.05) is 0 Å². The molecule has 0 aromatic carbocycles. The zero-order chi connectivity index (χ0) is 20.0. The number of β-amino-alcohol motifs (C(OH)–C–C–N with tert-alkyl or cyclic N) is 1. The Kier molecular flexibility index (Phi) is 7.25. The van der Waals surface area contributed by atoms with Crippen molar-refractivity contribution in [1.82, 2.24) is 20.5 Å². The highest BCUT2D eigenvalue weighted by atomic mass is 32.1. The number of aliphatic hydroxyl groups excluding tert-OH is 1. The van der Waals surface area contributed by atoms with Crippen LogP contribution in [0.2, 0.25) is 0 Å². The number of hydrogen-bond donors (Lipinski definition) is 5. The molecule has 0 aliphatic carbocycles. The van der Waals surface area contributed by atoms with Crippen LogP contribution in [0.1, 0.15) is 36.0 Å². The standard InChI is InChI=1S/C16H24N6O4S/c1-9(23)22-8-10(24)7-12(22)14(26)21-11(3-2-4-20-16(17)18)13(25)15-19-5-6-27-15/h5-6,10-12,24H,2-4,7-8H2,1H3,(H,21,26)(H4,17,18,20)/t10-,11?,12+/m1/s1. The Labute approximate surface area is 160 Å². The summed E-state index contributed by atoms with van der Waals surface area (Å²) in [5.41, 5.74) is 5.23. The molecule has 1 unspecified atom stereocenters. The number of nitrogens with zero attached hydrogens (tertiary/aromatic N) is 2. The summed E-state index contributed by atoms with van der Waals surface area (Å²) in [7, 11) is 0. The van der Waals surface area contributed by atoms with Crippen molar-refractivity contribution < 1.29 is 19.5 Å².